The molecule has 0 aliphatic carbocycles. The molecule has 0 heterocycles. The molecule has 0 fully saturated rings. The third-order valence-electron chi connectivity index (χ3n) is 2.28. The summed E-state index contributed by atoms with van der Waals surface area (Å²) in [6.07, 6.45) is 3.06. The van der Waals surface area contributed by atoms with E-state index in [1.807, 2.05) is 6.92 Å². The Morgan fingerprint density at radius 2 is 2.00 bits per heavy atom. The Labute approximate surface area is 97.5 Å². The highest BCUT2D eigenvalue weighted by atomic mass is 16.4. The zero-order chi connectivity index (χ0) is 12.7. The van der Waals surface area contributed by atoms with E-state index >= 15 is 0 Å². The van der Waals surface area contributed by atoms with E-state index < -0.39 is 6.09 Å². The molecule has 0 aromatic rings. The van der Waals surface area contributed by atoms with Crippen molar-refractivity contribution in [2.24, 2.45) is 5.92 Å². The van der Waals surface area contributed by atoms with Gasteiger partial charge in [0.2, 0.25) is 0 Å². The van der Waals surface area contributed by atoms with Crippen molar-refractivity contribution in [1.82, 2.24) is 4.90 Å². The second-order valence-electron chi connectivity index (χ2n) is 4.48. The van der Waals surface area contributed by atoms with Crippen LogP contribution < -0.4 is 0 Å². The average Bonchev–Trinajstić information content (AvgIpc) is 2.12. The van der Waals surface area contributed by atoms with Gasteiger partial charge >= 0.3 is 6.09 Å². The van der Waals surface area contributed by atoms with Crippen LogP contribution in [0.5, 0.6) is 0 Å². The van der Waals surface area contributed by atoms with Crippen molar-refractivity contribution in [3.8, 4) is 0 Å². The molecule has 1 amide bonds. The molecule has 0 aliphatic rings. The summed E-state index contributed by atoms with van der Waals surface area (Å²) in [5, 5.41) is 16.2. The molecule has 0 saturated carbocycles. The molecule has 0 aliphatic heterocycles. The molecule has 0 saturated heterocycles. The number of hydrogen-bond acceptors (Lipinski definition) is 2. The molecule has 0 atom stereocenters. The summed E-state index contributed by atoms with van der Waals surface area (Å²) in [5.74, 6) is 0.716. The predicted octanol–water partition coefficient (Wildman–Crippen LogP) is 3.35. The monoisotopic (exact) mass is 226 g/mol. The fourth-order valence-corrected chi connectivity index (χ4v) is 1.31. The van der Waals surface area contributed by atoms with Gasteiger partial charge in [-0.05, 0) is 32.6 Å². The lowest BCUT2D eigenvalue weighted by Crippen LogP contribution is -2.34. The Morgan fingerprint density at radius 3 is 2.38 bits per heavy atom. The number of allylic oxidation sites excluding steroid dienone is 1. The van der Waals surface area contributed by atoms with Gasteiger partial charge in [-0.3, -0.25) is 10.3 Å². The van der Waals surface area contributed by atoms with Crippen molar-refractivity contribution in [1.29, 1.82) is 5.41 Å². The van der Waals surface area contributed by atoms with Gasteiger partial charge in [0.15, 0.2) is 0 Å². The first-order chi connectivity index (χ1) is 7.34. The first-order valence-electron chi connectivity index (χ1n) is 5.55. The van der Waals surface area contributed by atoms with Crippen LogP contribution in [0.4, 0.5) is 4.79 Å². The van der Waals surface area contributed by atoms with E-state index in [1.54, 1.807) is 0 Å². The van der Waals surface area contributed by atoms with Crippen LogP contribution in [0.2, 0.25) is 0 Å². The number of nitrogens with one attached hydrogen (secondary N) is 1. The largest absolute Gasteiger partial charge is 0.465 e. The van der Waals surface area contributed by atoms with Crippen molar-refractivity contribution >= 4 is 11.9 Å². The third kappa shape index (κ3) is 6.22. The van der Waals surface area contributed by atoms with Crippen molar-refractivity contribution in [3.05, 3.63) is 11.6 Å². The van der Waals surface area contributed by atoms with Crippen molar-refractivity contribution in [2.75, 3.05) is 6.54 Å². The summed E-state index contributed by atoms with van der Waals surface area (Å²) >= 11 is 0. The first kappa shape index (κ1) is 14.7. The van der Waals surface area contributed by atoms with Crippen LogP contribution in [0.15, 0.2) is 11.6 Å². The maximum atomic E-state index is 10.8. The standard InChI is InChI=1S/C12H22N2O2/c1-9(2)6-5-7-10(3)8-14(11(4)13)12(15)16/h7,9,13H,5-6,8H2,1-4H3,(H,15,16)/b10-7-,13-11?. The minimum atomic E-state index is -1.07. The number of hydrogen-bond donors (Lipinski definition) is 2. The summed E-state index contributed by atoms with van der Waals surface area (Å²) in [6, 6.07) is 0. The molecule has 0 unspecified atom stereocenters. The lowest BCUT2D eigenvalue weighted by molar-refractivity contribution is 0.171. The van der Waals surface area contributed by atoms with Gasteiger partial charge in [0.1, 0.15) is 5.84 Å². The molecule has 4 nitrogen and oxygen atoms in total. The van der Waals surface area contributed by atoms with Crippen molar-refractivity contribution in [3.63, 3.8) is 0 Å². The van der Waals surface area contributed by atoms with E-state index in [2.05, 4.69) is 19.9 Å². The highest BCUT2D eigenvalue weighted by molar-refractivity contribution is 5.91. The zero-order valence-corrected chi connectivity index (χ0v) is 10.6. The van der Waals surface area contributed by atoms with Crippen LogP contribution in [0.25, 0.3) is 0 Å². The Hall–Kier alpha value is -1.32. The van der Waals surface area contributed by atoms with Crippen LogP contribution in [0.3, 0.4) is 0 Å². The molecule has 0 aromatic carbocycles. The second kappa shape index (κ2) is 7.04. The van der Waals surface area contributed by atoms with Gasteiger partial charge in [-0.1, -0.05) is 25.5 Å². The van der Waals surface area contributed by atoms with Crippen molar-refractivity contribution < 1.29 is 9.90 Å². The van der Waals surface area contributed by atoms with Gasteiger partial charge in [-0.15, -0.1) is 0 Å². The maximum absolute atomic E-state index is 10.8. The fraction of sp³-hybridized carbons (Fsp3) is 0.667. The number of carbonyl (C=O) groups is 1. The van der Waals surface area contributed by atoms with Gasteiger partial charge < -0.3 is 5.11 Å². The lowest BCUT2D eigenvalue weighted by Gasteiger charge is -2.17. The topological polar surface area (TPSA) is 64.4 Å². The number of nitrogens with zero attached hydrogens (tertiary/aromatic N) is 1. The van der Waals surface area contributed by atoms with Crippen LogP contribution in [0, 0.1) is 11.3 Å². The molecule has 0 bridgehead atoms. The van der Waals surface area contributed by atoms with Crippen LogP contribution in [-0.2, 0) is 0 Å². The van der Waals surface area contributed by atoms with Gasteiger partial charge in [0.25, 0.3) is 0 Å². The molecule has 0 radical (unpaired) electrons. The summed E-state index contributed by atoms with van der Waals surface area (Å²) in [7, 11) is 0. The summed E-state index contributed by atoms with van der Waals surface area (Å²) in [4.78, 5) is 11.9. The first-order valence-corrected chi connectivity index (χ1v) is 5.55. The van der Waals surface area contributed by atoms with Gasteiger partial charge in [0.05, 0.1) is 6.54 Å². The van der Waals surface area contributed by atoms with E-state index in [9.17, 15) is 4.79 Å². The number of amidine groups is 1. The molecular weight excluding hydrogens is 204 g/mol. The Kier molecular flexibility index (Phi) is 6.46. The van der Waals surface area contributed by atoms with Crippen molar-refractivity contribution in [2.45, 2.75) is 40.5 Å². The molecule has 0 spiro atoms. The molecule has 0 rings (SSSR count). The quantitative estimate of drug-likeness (QED) is 0.429. The van der Waals surface area contributed by atoms with Crippen LogP contribution in [0.1, 0.15) is 40.5 Å². The summed E-state index contributed by atoms with van der Waals surface area (Å²) in [5.41, 5.74) is 0.995. The smallest absolute Gasteiger partial charge is 0.413 e. The Bertz CT molecular complexity index is 269. The zero-order valence-electron chi connectivity index (χ0n) is 10.6. The molecule has 2 N–H and O–H groups in total. The van der Waals surface area contributed by atoms with Crippen LogP contribution >= 0.6 is 0 Å². The van der Waals surface area contributed by atoms with E-state index in [0.717, 1.165) is 23.3 Å². The predicted molar refractivity (Wildman–Crippen MR) is 66.0 cm³/mol. The number of carboxylic acid groups (broad SMARTS) is 1. The minimum absolute atomic E-state index is 0.0594. The SMILES string of the molecule is CC(=N)N(C/C(C)=C\CCC(C)C)C(=O)O. The normalized spacial score (nSPS) is 11.7. The Balaban J connectivity index is 4.24. The highest BCUT2D eigenvalue weighted by Gasteiger charge is 2.13. The van der Waals surface area contributed by atoms with Gasteiger partial charge in [-0.25, -0.2) is 4.79 Å². The lowest BCUT2D eigenvalue weighted by atomic mass is 10.1. The van der Waals surface area contributed by atoms with E-state index in [-0.39, 0.29) is 5.84 Å². The van der Waals surface area contributed by atoms with Gasteiger partial charge in [0, 0.05) is 0 Å². The molecule has 4 heteroatoms. The van der Waals surface area contributed by atoms with Crippen LogP contribution in [-0.4, -0.2) is 28.5 Å². The minimum Gasteiger partial charge on any atom is -0.465 e. The van der Waals surface area contributed by atoms with Gasteiger partial charge in [-0.2, -0.15) is 0 Å². The Morgan fingerprint density at radius 1 is 1.44 bits per heavy atom. The average molecular weight is 226 g/mol. The number of rotatable bonds is 5. The second-order valence-corrected chi connectivity index (χ2v) is 4.48. The summed E-state index contributed by atoms with van der Waals surface area (Å²) < 4.78 is 0. The molecular formula is C12H22N2O2. The maximum Gasteiger partial charge on any atom is 0.413 e. The number of amides is 1. The highest BCUT2D eigenvalue weighted by Crippen LogP contribution is 2.07. The van der Waals surface area contributed by atoms with E-state index in [1.165, 1.54) is 6.92 Å². The molecule has 92 valence electrons. The molecule has 0 aromatic heterocycles. The van der Waals surface area contributed by atoms with E-state index in [0.29, 0.717) is 12.5 Å². The fourth-order valence-electron chi connectivity index (χ4n) is 1.31. The van der Waals surface area contributed by atoms with E-state index in [4.69, 9.17) is 10.5 Å². The third-order valence-corrected chi connectivity index (χ3v) is 2.28. The molecule has 16 heavy (non-hydrogen) atoms. The summed E-state index contributed by atoms with van der Waals surface area (Å²) in [6.45, 7) is 8.00.